The van der Waals surface area contributed by atoms with E-state index < -0.39 is 36.1 Å². The van der Waals surface area contributed by atoms with Crippen molar-refractivity contribution in [1.29, 1.82) is 0 Å². The Morgan fingerprint density at radius 2 is 1.16 bits per heavy atom. The van der Waals surface area contributed by atoms with Crippen molar-refractivity contribution >= 4 is 24.4 Å². The van der Waals surface area contributed by atoms with Gasteiger partial charge in [0.2, 0.25) is 0 Å². The van der Waals surface area contributed by atoms with Gasteiger partial charge >= 0.3 is 11.9 Å². The van der Waals surface area contributed by atoms with Crippen LogP contribution in [0.4, 0.5) is 0 Å². The Labute approximate surface area is 186 Å². The summed E-state index contributed by atoms with van der Waals surface area (Å²) in [5, 5.41) is 12.7. The van der Waals surface area contributed by atoms with Crippen LogP contribution < -0.4 is 0 Å². The molecule has 1 fully saturated rings. The number of rotatable bonds is 4. The second-order valence-electron chi connectivity index (χ2n) is 7.79. The maximum atomic E-state index is 13.3. The van der Waals surface area contributed by atoms with Gasteiger partial charge in [0, 0.05) is 0 Å². The first-order chi connectivity index (χ1) is 15.7. The number of piperazine rings is 1. The number of carbonyl (C=O) groups excluding carboxylic acids is 2. The summed E-state index contributed by atoms with van der Waals surface area (Å²) in [5.41, 5.74) is 3.57. The van der Waals surface area contributed by atoms with E-state index in [-0.39, 0.29) is 13.2 Å². The van der Waals surface area contributed by atoms with Crippen molar-refractivity contribution in [3.05, 3.63) is 70.8 Å². The molecule has 0 bridgehead atoms. The van der Waals surface area contributed by atoms with Gasteiger partial charge in [-0.25, -0.2) is 9.59 Å². The van der Waals surface area contributed by atoms with E-state index in [1.54, 1.807) is 36.3 Å². The average molecular weight is 432 g/mol. The fraction of sp³-hybridized carbons (Fsp3) is 0.333. The first kappa shape index (κ1) is 20.2. The number of carbonyl (C=O) groups is 2. The first-order valence-corrected chi connectivity index (χ1v) is 10.8. The molecule has 0 aromatic heterocycles. The molecule has 0 amide bonds. The van der Waals surface area contributed by atoms with Gasteiger partial charge in [0.1, 0.15) is 12.1 Å². The highest BCUT2D eigenvalue weighted by atomic mass is 16.5. The fourth-order valence-electron chi connectivity index (χ4n) is 4.82. The van der Waals surface area contributed by atoms with E-state index in [0.717, 1.165) is 22.3 Å². The predicted molar refractivity (Wildman–Crippen MR) is 118 cm³/mol. The fourth-order valence-corrected chi connectivity index (χ4v) is 4.82. The largest absolute Gasteiger partial charge is 0.464 e. The highest BCUT2D eigenvalue weighted by molar-refractivity contribution is 5.89. The lowest BCUT2D eigenvalue weighted by atomic mass is 9.83. The summed E-state index contributed by atoms with van der Waals surface area (Å²) in [7, 11) is 0. The minimum absolute atomic E-state index is 0.243. The molecule has 0 unspecified atom stereocenters. The van der Waals surface area contributed by atoms with Gasteiger partial charge in [-0.15, -0.1) is 0 Å². The molecule has 2 aromatic carbocycles. The van der Waals surface area contributed by atoms with Gasteiger partial charge in [-0.05, 0) is 36.1 Å². The van der Waals surface area contributed by atoms with Crippen LogP contribution in [0.5, 0.6) is 0 Å². The number of hydrazone groups is 2. The Balaban J connectivity index is 1.72. The second kappa shape index (κ2) is 8.11. The van der Waals surface area contributed by atoms with Gasteiger partial charge in [0.25, 0.3) is 0 Å². The third-order valence-corrected chi connectivity index (χ3v) is 6.08. The van der Waals surface area contributed by atoms with Gasteiger partial charge in [0.05, 0.1) is 25.6 Å². The van der Waals surface area contributed by atoms with Crippen LogP contribution in [0.1, 0.15) is 48.2 Å². The Morgan fingerprint density at radius 3 is 1.56 bits per heavy atom. The molecule has 0 N–H and O–H groups in total. The summed E-state index contributed by atoms with van der Waals surface area (Å²) < 4.78 is 11.0. The van der Waals surface area contributed by atoms with Crippen molar-refractivity contribution < 1.29 is 19.1 Å². The van der Waals surface area contributed by atoms with Crippen LogP contribution in [0.15, 0.2) is 58.7 Å². The van der Waals surface area contributed by atoms with Gasteiger partial charge in [-0.3, -0.25) is 10.0 Å². The zero-order valence-corrected chi connectivity index (χ0v) is 17.9. The summed E-state index contributed by atoms with van der Waals surface area (Å²) in [6, 6.07) is 12.8. The van der Waals surface area contributed by atoms with Crippen LogP contribution >= 0.6 is 0 Å². The lowest BCUT2D eigenvalue weighted by molar-refractivity contribution is -0.175. The second-order valence-corrected chi connectivity index (χ2v) is 7.79. The van der Waals surface area contributed by atoms with E-state index in [1.165, 1.54) is 0 Å². The minimum atomic E-state index is -0.783. The van der Waals surface area contributed by atoms with E-state index in [1.807, 2.05) is 48.5 Å². The number of ether oxygens (including phenoxy) is 2. The third-order valence-electron chi connectivity index (χ3n) is 6.08. The Hall–Kier alpha value is -3.68. The monoisotopic (exact) mass is 432 g/mol. The summed E-state index contributed by atoms with van der Waals surface area (Å²) in [5.74, 6) is -0.809. The minimum Gasteiger partial charge on any atom is -0.464 e. The topological polar surface area (TPSA) is 83.8 Å². The van der Waals surface area contributed by atoms with Crippen molar-refractivity contribution in [3.8, 4) is 0 Å². The molecule has 0 aliphatic carbocycles. The van der Waals surface area contributed by atoms with E-state index in [9.17, 15) is 9.59 Å². The van der Waals surface area contributed by atoms with Gasteiger partial charge in [0.15, 0.2) is 12.1 Å². The van der Waals surface area contributed by atoms with Gasteiger partial charge in [-0.1, -0.05) is 48.5 Å². The lowest BCUT2D eigenvalue weighted by Crippen LogP contribution is -2.64. The molecule has 8 nitrogen and oxygen atoms in total. The third kappa shape index (κ3) is 3.05. The Kier molecular flexibility index (Phi) is 5.13. The molecule has 3 aliphatic heterocycles. The molecular formula is C24H24N4O4. The normalized spacial score (nSPS) is 24.7. The van der Waals surface area contributed by atoms with Crippen LogP contribution in [0.3, 0.4) is 0 Å². The van der Waals surface area contributed by atoms with Crippen molar-refractivity contribution in [2.24, 2.45) is 10.2 Å². The summed E-state index contributed by atoms with van der Waals surface area (Å²) >= 11 is 0. The maximum absolute atomic E-state index is 13.3. The molecule has 2 aromatic rings. The summed E-state index contributed by atoms with van der Waals surface area (Å²) in [6.07, 6.45) is 3.46. The lowest BCUT2D eigenvalue weighted by Gasteiger charge is -2.53. The number of nitrogens with zero attached hydrogens (tertiary/aromatic N) is 4. The average Bonchev–Trinajstić information content (AvgIpc) is 2.82. The van der Waals surface area contributed by atoms with Crippen molar-refractivity contribution in [3.63, 3.8) is 0 Å². The van der Waals surface area contributed by atoms with Crippen molar-refractivity contribution in [2.75, 3.05) is 13.2 Å². The Morgan fingerprint density at radius 1 is 0.750 bits per heavy atom. The SMILES string of the molecule is CCOC(=O)[C@@H]1[C@@H]2c3ccccc3C=NN2[C@@H](C(=O)OCC)[C@@H]2c3ccccc3C=NN12. The molecular weight excluding hydrogens is 408 g/mol. The zero-order valence-electron chi connectivity index (χ0n) is 17.9. The van der Waals surface area contributed by atoms with Crippen molar-refractivity contribution in [2.45, 2.75) is 38.0 Å². The van der Waals surface area contributed by atoms with E-state index in [0.29, 0.717) is 0 Å². The van der Waals surface area contributed by atoms with E-state index in [2.05, 4.69) is 10.2 Å². The van der Waals surface area contributed by atoms with E-state index >= 15 is 0 Å². The van der Waals surface area contributed by atoms with Gasteiger partial charge < -0.3 is 9.47 Å². The molecule has 0 spiro atoms. The predicted octanol–water partition coefficient (Wildman–Crippen LogP) is 2.65. The number of fused-ring (bicyclic) bond motifs is 6. The molecule has 0 radical (unpaired) electrons. The molecule has 1 saturated heterocycles. The molecule has 5 rings (SSSR count). The van der Waals surface area contributed by atoms with Crippen LogP contribution in [0, 0.1) is 0 Å². The molecule has 164 valence electrons. The highest BCUT2D eigenvalue weighted by Crippen LogP contribution is 2.48. The quantitative estimate of drug-likeness (QED) is 0.691. The molecule has 32 heavy (non-hydrogen) atoms. The van der Waals surface area contributed by atoms with E-state index in [4.69, 9.17) is 9.47 Å². The van der Waals surface area contributed by atoms with Crippen LogP contribution in [-0.4, -0.2) is 59.7 Å². The molecule has 0 saturated carbocycles. The molecule has 4 atom stereocenters. The van der Waals surface area contributed by atoms with Crippen LogP contribution in [0.25, 0.3) is 0 Å². The zero-order chi connectivity index (χ0) is 22.2. The molecule has 8 heteroatoms. The van der Waals surface area contributed by atoms with Crippen LogP contribution in [0.2, 0.25) is 0 Å². The highest BCUT2D eigenvalue weighted by Gasteiger charge is 2.57. The van der Waals surface area contributed by atoms with Gasteiger partial charge in [-0.2, -0.15) is 10.2 Å². The molecule has 3 aliphatic rings. The Bertz CT molecular complexity index is 1030. The number of esters is 2. The summed E-state index contributed by atoms with van der Waals surface area (Å²) in [4.78, 5) is 26.6. The molecule has 3 heterocycles. The van der Waals surface area contributed by atoms with Crippen LogP contribution in [-0.2, 0) is 19.1 Å². The number of hydrogen-bond acceptors (Lipinski definition) is 8. The number of hydrogen-bond donors (Lipinski definition) is 0. The van der Waals surface area contributed by atoms with Crippen molar-refractivity contribution in [1.82, 2.24) is 10.0 Å². The summed E-state index contributed by atoms with van der Waals surface area (Å²) in [6.45, 7) is 4.04. The maximum Gasteiger partial charge on any atom is 0.333 e. The first-order valence-electron chi connectivity index (χ1n) is 10.8. The number of benzene rings is 2. The standard InChI is InChI=1S/C24H24N4O4/c1-3-31-23(29)21-19-17-11-7-5-9-15(17)14-26-28(19)22(24(30)32-4-2)20-18-12-8-6-10-16(18)13-25-27(20)21/h5-14,19-22H,3-4H2,1-2H3/t19-,20-,21-,22+/m0/s1. The smallest absolute Gasteiger partial charge is 0.333 e.